The van der Waals surface area contributed by atoms with E-state index in [1.165, 1.54) is 10.7 Å². The minimum Gasteiger partial charge on any atom is -0.379 e. The highest BCUT2D eigenvalue weighted by atomic mass is 32.2. The molecule has 2 saturated heterocycles. The number of hydrogen-bond acceptors (Lipinski definition) is 6. The summed E-state index contributed by atoms with van der Waals surface area (Å²) in [5.41, 5.74) is 1.50. The van der Waals surface area contributed by atoms with Crippen LogP contribution in [0.3, 0.4) is 0 Å². The first-order valence-corrected chi connectivity index (χ1v) is 13.5. The standard InChI is InChI=1S/C21H33N3O4S2/c1-2-3-15-29-17-21(25)22-19-16-18(30(26,27)24-11-13-28-14-12-24)7-8-20(19)23-9-5-4-6-10-23/h7-8,16H,2-6,9-15,17H2,1H3,(H,22,25). The SMILES string of the molecule is CCCCSCC(=O)Nc1cc(S(=O)(=O)N2CCOCC2)ccc1N1CCCCC1. The number of benzene rings is 1. The summed E-state index contributed by atoms with van der Waals surface area (Å²) in [6.45, 7) is 5.49. The number of unbranched alkanes of at least 4 members (excludes halogenated alkanes) is 1. The molecule has 0 saturated carbocycles. The van der Waals surface area contributed by atoms with E-state index >= 15 is 0 Å². The van der Waals surface area contributed by atoms with Crippen molar-refractivity contribution in [2.24, 2.45) is 0 Å². The number of nitrogens with zero attached hydrogens (tertiary/aromatic N) is 2. The summed E-state index contributed by atoms with van der Waals surface area (Å²) in [5.74, 6) is 1.24. The molecule has 0 atom stereocenters. The number of nitrogens with one attached hydrogen (secondary N) is 1. The molecule has 0 aromatic heterocycles. The molecule has 2 aliphatic rings. The fraction of sp³-hybridized carbons (Fsp3) is 0.667. The van der Waals surface area contributed by atoms with Crippen LogP contribution in [0.5, 0.6) is 0 Å². The van der Waals surface area contributed by atoms with Crippen LogP contribution in [-0.4, -0.2) is 69.5 Å². The zero-order valence-corrected chi connectivity index (χ0v) is 19.4. The molecule has 1 N–H and O–H groups in total. The molecule has 7 nitrogen and oxygen atoms in total. The smallest absolute Gasteiger partial charge is 0.243 e. The highest BCUT2D eigenvalue weighted by Gasteiger charge is 2.28. The number of piperidine rings is 1. The van der Waals surface area contributed by atoms with Gasteiger partial charge in [0.1, 0.15) is 0 Å². The third-order valence-corrected chi connectivity index (χ3v) is 8.36. The van der Waals surface area contributed by atoms with Crippen molar-refractivity contribution in [2.45, 2.75) is 43.9 Å². The van der Waals surface area contributed by atoms with Gasteiger partial charge >= 0.3 is 0 Å². The quantitative estimate of drug-likeness (QED) is 0.576. The largest absolute Gasteiger partial charge is 0.379 e. The Bertz CT molecular complexity index is 804. The summed E-state index contributed by atoms with van der Waals surface area (Å²) < 4.78 is 32.9. The molecule has 1 aromatic rings. The lowest BCUT2D eigenvalue weighted by molar-refractivity contribution is -0.113. The Balaban J connectivity index is 1.82. The zero-order valence-electron chi connectivity index (χ0n) is 17.8. The average Bonchev–Trinajstić information content (AvgIpc) is 2.78. The number of thioether (sulfide) groups is 1. The van der Waals surface area contributed by atoms with Gasteiger partial charge in [-0.2, -0.15) is 16.1 Å². The Hall–Kier alpha value is -1.29. The van der Waals surface area contributed by atoms with E-state index in [0.29, 0.717) is 37.7 Å². The Morgan fingerprint density at radius 1 is 1.13 bits per heavy atom. The highest BCUT2D eigenvalue weighted by molar-refractivity contribution is 7.99. The number of carbonyl (C=O) groups is 1. The lowest BCUT2D eigenvalue weighted by Crippen LogP contribution is -2.40. The summed E-state index contributed by atoms with van der Waals surface area (Å²) in [5, 5.41) is 2.99. The second-order valence-corrected chi connectivity index (χ2v) is 10.7. The Morgan fingerprint density at radius 2 is 1.87 bits per heavy atom. The molecule has 0 aliphatic carbocycles. The third-order valence-electron chi connectivity index (χ3n) is 5.42. The first-order chi connectivity index (χ1) is 14.5. The molecular weight excluding hydrogens is 422 g/mol. The van der Waals surface area contributed by atoms with Gasteiger partial charge in [0.15, 0.2) is 0 Å². The van der Waals surface area contributed by atoms with E-state index in [9.17, 15) is 13.2 Å². The molecule has 2 fully saturated rings. The molecule has 0 bridgehead atoms. The van der Waals surface area contributed by atoms with Crippen LogP contribution in [0.1, 0.15) is 39.0 Å². The maximum absolute atomic E-state index is 13.1. The van der Waals surface area contributed by atoms with E-state index in [1.54, 1.807) is 23.9 Å². The van der Waals surface area contributed by atoms with Gasteiger partial charge in [0.25, 0.3) is 0 Å². The average molecular weight is 456 g/mol. The van der Waals surface area contributed by atoms with Gasteiger partial charge < -0.3 is 15.0 Å². The lowest BCUT2D eigenvalue weighted by atomic mass is 10.1. The van der Waals surface area contributed by atoms with Crippen LogP contribution in [0.15, 0.2) is 23.1 Å². The van der Waals surface area contributed by atoms with E-state index in [0.717, 1.165) is 50.2 Å². The number of carbonyl (C=O) groups excluding carboxylic acids is 1. The Labute approximate surface area is 184 Å². The van der Waals surface area contributed by atoms with Crippen LogP contribution in [0.2, 0.25) is 0 Å². The first-order valence-electron chi connectivity index (χ1n) is 10.9. The van der Waals surface area contributed by atoms with Crippen LogP contribution in [-0.2, 0) is 19.6 Å². The summed E-state index contributed by atoms with van der Waals surface area (Å²) in [4.78, 5) is 15.0. The Morgan fingerprint density at radius 3 is 2.57 bits per heavy atom. The topological polar surface area (TPSA) is 79.0 Å². The molecule has 2 aliphatic heterocycles. The van der Waals surface area contributed by atoms with E-state index in [1.807, 2.05) is 6.07 Å². The van der Waals surface area contributed by atoms with Gasteiger partial charge in [-0.05, 0) is 49.6 Å². The van der Waals surface area contributed by atoms with Gasteiger partial charge in [-0.3, -0.25) is 4.79 Å². The van der Waals surface area contributed by atoms with E-state index in [-0.39, 0.29) is 10.8 Å². The second kappa shape index (κ2) is 11.4. The molecule has 0 radical (unpaired) electrons. The molecule has 168 valence electrons. The number of rotatable bonds is 9. The van der Waals surface area contributed by atoms with Crippen LogP contribution in [0, 0.1) is 0 Å². The van der Waals surface area contributed by atoms with Crippen molar-refractivity contribution in [3.8, 4) is 0 Å². The summed E-state index contributed by atoms with van der Waals surface area (Å²) in [6.07, 6.45) is 5.61. The summed E-state index contributed by atoms with van der Waals surface area (Å²) in [7, 11) is -3.61. The van der Waals surface area contributed by atoms with Crippen molar-refractivity contribution in [2.75, 3.05) is 61.1 Å². The minimum atomic E-state index is -3.61. The normalized spacial score (nSPS) is 18.4. The fourth-order valence-corrected chi connectivity index (χ4v) is 6.05. The van der Waals surface area contributed by atoms with Crippen LogP contribution in [0.25, 0.3) is 0 Å². The molecule has 2 heterocycles. The van der Waals surface area contributed by atoms with Crippen molar-refractivity contribution in [1.29, 1.82) is 0 Å². The lowest BCUT2D eigenvalue weighted by Gasteiger charge is -2.31. The third kappa shape index (κ3) is 6.12. The van der Waals surface area contributed by atoms with Crippen LogP contribution >= 0.6 is 11.8 Å². The monoisotopic (exact) mass is 455 g/mol. The van der Waals surface area contributed by atoms with Gasteiger partial charge in [0, 0.05) is 26.2 Å². The number of anilines is 2. The van der Waals surface area contributed by atoms with Crippen molar-refractivity contribution in [3.05, 3.63) is 18.2 Å². The van der Waals surface area contributed by atoms with E-state index in [4.69, 9.17) is 4.74 Å². The predicted octanol–water partition coefficient (Wildman–Crippen LogP) is 3.17. The molecule has 0 spiro atoms. The molecule has 30 heavy (non-hydrogen) atoms. The second-order valence-electron chi connectivity index (χ2n) is 7.70. The van der Waals surface area contributed by atoms with Gasteiger partial charge in [0.2, 0.25) is 15.9 Å². The number of morpholine rings is 1. The van der Waals surface area contributed by atoms with Crippen molar-refractivity contribution in [1.82, 2.24) is 4.31 Å². The van der Waals surface area contributed by atoms with Gasteiger partial charge in [-0.15, -0.1) is 0 Å². The number of hydrogen-bond donors (Lipinski definition) is 1. The molecular formula is C21H33N3O4S2. The van der Waals surface area contributed by atoms with Crippen LogP contribution in [0.4, 0.5) is 11.4 Å². The fourth-order valence-electron chi connectivity index (χ4n) is 3.72. The molecule has 3 rings (SSSR count). The maximum Gasteiger partial charge on any atom is 0.243 e. The number of amides is 1. The van der Waals surface area contributed by atoms with E-state index < -0.39 is 10.0 Å². The summed E-state index contributed by atoms with van der Waals surface area (Å²) in [6, 6.07) is 5.14. The van der Waals surface area contributed by atoms with Crippen molar-refractivity contribution < 1.29 is 17.9 Å². The maximum atomic E-state index is 13.1. The number of ether oxygens (including phenoxy) is 1. The number of sulfonamides is 1. The molecule has 9 heteroatoms. The van der Waals surface area contributed by atoms with Crippen LogP contribution < -0.4 is 10.2 Å². The van der Waals surface area contributed by atoms with Crippen molar-refractivity contribution in [3.63, 3.8) is 0 Å². The summed E-state index contributed by atoms with van der Waals surface area (Å²) >= 11 is 1.61. The van der Waals surface area contributed by atoms with E-state index in [2.05, 4.69) is 17.1 Å². The highest BCUT2D eigenvalue weighted by Crippen LogP contribution is 2.32. The van der Waals surface area contributed by atoms with Crippen molar-refractivity contribution >= 4 is 39.1 Å². The Kier molecular flexibility index (Phi) is 8.85. The molecule has 1 aromatic carbocycles. The predicted molar refractivity (Wildman–Crippen MR) is 123 cm³/mol. The first kappa shape index (κ1) is 23.4. The van der Waals surface area contributed by atoms with Gasteiger partial charge in [0.05, 0.1) is 35.2 Å². The molecule has 0 unspecified atom stereocenters. The van der Waals surface area contributed by atoms with Gasteiger partial charge in [-0.1, -0.05) is 13.3 Å². The zero-order chi connectivity index (χ0) is 21.4. The van der Waals surface area contributed by atoms with Gasteiger partial charge in [-0.25, -0.2) is 8.42 Å². The minimum absolute atomic E-state index is 0.0877. The molecule has 1 amide bonds.